The molecule has 0 aromatic heterocycles. The van der Waals surface area contributed by atoms with Crippen LogP contribution in [-0.4, -0.2) is 22.9 Å². The Kier molecular flexibility index (Phi) is 5.62. The number of hydrogen-bond acceptors (Lipinski definition) is 4. The van der Waals surface area contributed by atoms with Crippen molar-refractivity contribution in [2.45, 2.75) is 18.2 Å². The van der Waals surface area contributed by atoms with Crippen molar-refractivity contribution in [1.29, 1.82) is 5.26 Å². The molecule has 0 fully saturated rings. The van der Waals surface area contributed by atoms with Crippen LogP contribution in [0.5, 0.6) is 0 Å². The number of hydrogen-bond donors (Lipinski definition) is 2. The van der Waals surface area contributed by atoms with Gasteiger partial charge in [0.25, 0.3) is 0 Å². The van der Waals surface area contributed by atoms with Crippen LogP contribution in [0.4, 0.5) is 4.39 Å². The maximum atomic E-state index is 12.9. The molecule has 4 nitrogen and oxygen atoms in total. The van der Waals surface area contributed by atoms with Crippen LogP contribution >= 0.6 is 11.8 Å². The molecule has 1 unspecified atom stereocenters. The number of benzene rings is 1. The second-order valence-electron chi connectivity index (χ2n) is 3.70. The molecule has 0 amide bonds. The summed E-state index contributed by atoms with van der Waals surface area (Å²) < 4.78 is 12.9. The number of nitrogens with two attached hydrogens (primary N) is 1. The Morgan fingerprint density at radius 3 is 2.94 bits per heavy atom. The highest BCUT2D eigenvalue weighted by molar-refractivity contribution is 7.98. The van der Waals surface area contributed by atoms with Gasteiger partial charge in [-0.15, -0.1) is 0 Å². The molecule has 1 rings (SSSR count). The summed E-state index contributed by atoms with van der Waals surface area (Å²) in [6.07, 6.45) is 0.364. The SMILES string of the molecule is N#Cc1cc(F)ccc1CSCCC(N)C(=O)O. The van der Waals surface area contributed by atoms with Crippen molar-refractivity contribution in [3.8, 4) is 6.07 Å². The van der Waals surface area contributed by atoms with E-state index < -0.39 is 17.8 Å². The van der Waals surface area contributed by atoms with E-state index >= 15 is 0 Å². The van der Waals surface area contributed by atoms with Gasteiger partial charge in [0.2, 0.25) is 0 Å². The first-order chi connectivity index (χ1) is 8.54. The summed E-state index contributed by atoms with van der Waals surface area (Å²) in [5, 5.41) is 17.4. The Hall–Kier alpha value is -1.58. The van der Waals surface area contributed by atoms with Crippen LogP contribution in [0.2, 0.25) is 0 Å². The second-order valence-corrected chi connectivity index (χ2v) is 4.80. The molecule has 18 heavy (non-hydrogen) atoms. The van der Waals surface area contributed by atoms with Crippen molar-refractivity contribution in [3.63, 3.8) is 0 Å². The van der Waals surface area contributed by atoms with Crippen molar-refractivity contribution >= 4 is 17.7 Å². The fourth-order valence-corrected chi connectivity index (χ4v) is 2.33. The van der Waals surface area contributed by atoms with E-state index in [4.69, 9.17) is 16.1 Å². The minimum Gasteiger partial charge on any atom is -0.480 e. The maximum Gasteiger partial charge on any atom is 0.320 e. The van der Waals surface area contributed by atoms with Crippen LogP contribution in [0.1, 0.15) is 17.5 Å². The third kappa shape index (κ3) is 4.35. The predicted octanol–water partition coefficient (Wildman–Crippen LogP) is 1.73. The quantitative estimate of drug-likeness (QED) is 0.767. The summed E-state index contributed by atoms with van der Waals surface area (Å²) in [6, 6.07) is 5.14. The number of halogens is 1. The van der Waals surface area contributed by atoms with Crippen molar-refractivity contribution < 1.29 is 14.3 Å². The molecule has 0 saturated carbocycles. The van der Waals surface area contributed by atoms with Crippen LogP contribution in [-0.2, 0) is 10.5 Å². The molecule has 0 aliphatic carbocycles. The van der Waals surface area contributed by atoms with E-state index in [0.29, 0.717) is 23.5 Å². The molecule has 1 aromatic carbocycles. The summed E-state index contributed by atoms with van der Waals surface area (Å²) in [4.78, 5) is 10.5. The lowest BCUT2D eigenvalue weighted by molar-refractivity contribution is -0.138. The number of thioether (sulfide) groups is 1. The van der Waals surface area contributed by atoms with E-state index in [1.54, 1.807) is 6.07 Å². The largest absolute Gasteiger partial charge is 0.480 e. The first kappa shape index (κ1) is 14.5. The lowest BCUT2D eigenvalue weighted by atomic mass is 10.1. The number of nitriles is 1. The monoisotopic (exact) mass is 268 g/mol. The summed E-state index contributed by atoms with van der Waals surface area (Å²) in [5.41, 5.74) is 6.41. The number of carboxylic acids is 1. The van der Waals surface area contributed by atoms with Gasteiger partial charge >= 0.3 is 5.97 Å². The van der Waals surface area contributed by atoms with Crippen LogP contribution < -0.4 is 5.73 Å². The zero-order valence-corrected chi connectivity index (χ0v) is 10.4. The van der Waals surface area contributed by atoms with Gasteiger partial charge in [-0.2, -0.15) is 17.0 Å². The maximum absolute atomic E-state index is 12.9. The number of carbonyl (C=O) groups is 1. The number of nitrogens with zero attached hydrogens (tertiary/aromatic N) is 1. The van der Waals surface area contributed by atoms with E-state index in [0.717, 1.165) is 5.56 Å². The van der Waals surface area contributed by atoms with E-state index in [1.807, 2.05) is 6.07 Å². The third-order valence-electron chi connectivity index (χ3n) is 2.34. The van der Waals surface area contributed by atoms with Gasteiger partial charge in [-0.1, -0.05) is 6.07 Å². The topological polar surface area (TPSA) is 87.1 Å². The van der Waals surface area contributed by atoms with Crippen molar-refractivity contribution in [2.75, 3.05) is 5.75 Å². The van der Waals surface area contributed by atoms with Crippen LogP contribution in [0, 0.1) is 17.1 Å². The molecule has 3 N–H and O–H groups in total. The van der Waals surface area contributed by atoms with E-state index in [-0.39, 0.29) is 0 Å². The Morgan fingerprint density at radius 2 is 2.33 bits per heavy atom. The van der Waals surface area contributed by atoms with Gasteiger partial charge in [-0.25, -0.2) is 4.39 Å². The minimum atomic E-state index is -1.02. The molecule has 0 saturated heterocycles. The molecule has 0 aliphatic rings. The Morgan fingerprint density at radius 1 is 1.61 bits per heavy atom. The molecule has 0 spiro atoms. The second kappa shape index (κ2) is 6.99. The van der Waals surface area contributed by atoms with Crippen LogP contribution in [0.15, 0.2) is 18.2 Å². The lowest BCUT2D eigenvalue weighted by Crippen LogP contribution is -2.30. The minimum absolute atomic E-state index is 0.310. The average molecular weight is 268 g/mol. The number of carboxylic acid groups (broad SMARTS) is 1. The van der Waals surface area contributed by atoms with Crippen molar-refractivity contribution in [1.82, 2.24) is 0 Å². The van der Waals surface area contributed by atoms with Crippen LogP contribution in [0.3, 0.4) is 0 Å². The number of rotatable bonds is 6. The standard InChI is InChI=1S/C12H13FN2O2S/c13-10-2-1-8(9(5-10)6-14)7-18-4-3-11(15)12(16)17/h1-2,5,11H,3-4,7,15H2,(H,16,17). The summed E-state index contributed by atoms with van der Waals surface area (Å²) in [7, 11) is 0. The number of aliphatic carboxylic acids is 1. The summed E-state index contributed by atoms with van der Waals surface area (Å²) in [5.74, 6) is -0.339. The fraction of sp³-hybridized carbons (Fsp3) is 0.333. The van der Waals surface area contributed by atoms with Crippen molar-refractivity contribution in [2.24, 2.45) is 5.73 Å². The molecule has 0 radical (unpaired) electrons. The van der Waals surface area contributed by atoms with Gasteiger partial charge in [0.05, 0.1) is 11.6 Å². The predicted molar refractivity (Wildman–Crippen MR) is 67.5 cm³/mol. The molecule has 0 heterocycles. The third-order valence-corrected chi connectivity index (χ3v) is 3.38. The van der Waals surface area contributed by atoms with Gasteiger partial charge in [0.1, 0.15) is 11.9 Å². The highest BCUT2D eigenvalue weighted by Gasteiger charge is 2.11. The molecule has 0 aliphatic heterocycles. The smallest absolute Gasteiger partial charge is 0.320 e. The van der Waals surface area contributed by atoms with Gasteiger partial charge in [0.15, 0.2) is 0 Å². The Bertz CT molecular complexity index is 474. The Labute approximate surface area is 109 Å². The molecule has 0 bridgehead atoms. The molecular formula is C12H13FN2O2S. The highest BCUT2D eigenvalue weighted by Crippen LogP contribution is 2.18. The Balaban J connectivity index is 2.45. The summed E-state index contributed by atoms with van der Waals surface area (Å²) in [6.45, 7) is 0. The lowest BCUT2D eigenvalue weighted by Gasteiger charge is -2.07. The van der Waals surface area contributed by atoms with Crippen molar-refractivity contribution in [3.05, 3.63) is 35.1 Å². The van der Waals surface area contributed by atoms with Gasteiger partial charge in [0, 0.05) is 5.75 Å². The molecule has 1 aromatic rings. The zero-order valence-electron chi connectivity index (χ0n) is 9.60. The first-order valence-corrected chi connectivity index (χ1v) is 6.44. The van der Waals surface area contributed by atoms with Gasteiger partial charge in [-0.3, -0.25) is 4.79 Å². The van der Waals surface area contributed by atoms with Gasteiger partial charge < -0.3 is 10.8 Å². The first-order valence-electron chi connectivity index (χ1n) is 5.29. The van der Waals surface area contributed by atoms with Crippen LogP contribution in [0.25, 0.3) is 0 Å². The zero-order chi connectivity index (χ0) is 13.5. The van der Waals surface area contributed by atoms with E-state index in [9.17, 15) is 9.18 Å². The van der Waals surface area contributed by atoms with E-state index in [1.165, 1.54) is 23.9 Å². The molecule has 6 heteroatoms. The molecular weight excluding hydrogens is 255 g/mol. The van der Waals surface area contributed by atoms with E-state index in [2.05, 4.69) is 0 Å². The highest BCUT2D eigenvalue weighted by atomic mass is 32.2. The fourth-order valence-electron chi connectivity index (χ4n) is 1.29. The summed E-state index contributed by atoms with van der Waals surface area (Å²) >= 11 is 1.47. The van der Waals surface area contributed by atoms with Gasteiger partial charge in [-0.05, 0) is 29.9 Å². The molecule has 96 valence electrons. The average Bonchev–Trinajstić information content (AvgIpc) is 2.35. The normalized spacial score (nSPS) is 11.8. The molecule has 1 atom stereocenters.